The number of hydrogen-bond donors (Lipinski definition) is 0. The second-order valence-corrected chi connectivity index (χ2v) is 7.03. The molecular weight excluding hydrogens is 252 g/mol. The van der Waals surface area contributed by atoms with Crippen molar-refractivity contribution >= 4 is 11.9 Å². The topological polar surface area (TPSA) is 43.4 Å². The number of rotatable bonds is 1. The van der Waals surface area contributed by atoms with E-state index in [0.717, 1.165) is 5.92 Å². The third-order valence-electron chi connectivity index (χ3n) is 3.57. The van der Waals surface area contributed by atoms with Crippen molar-refractivity contribution in [2.75, 3.05) is 0 Å². The van der Waals surface area contributed by atoms with Crippen molar-refractivity contribution in [3.05, 3.63) is 0 Å². The molecule has 1 fully saturated rings. The standard InChI is InChI=1S/C6H8O3.C6H14.C5H12/c1-3-4(2)6(8)9-5(3)7;1-5-6(2,3)4;1-4-5(2)3/h3-4H,1-2H3;5H2,1-4H3;5H,4H2,1-3H3. The van der Waals surface area contributed by atoms with E-state index in [1.165, 1.54) is 12.8 Å². The number of esters is 2. The summed E-state index contributed by atoms with van der Waals surface area (Å²) in [6.45, 7) is 19.0. The van der Waals surface area contributed by atoms with E-state index in [1.807, 2.05) is 0 Å². The molecule has 0 aromatic carbocycles. The Bertz CT molecular complexity index is 269. The van der Waals surface area contributed by atoms with Gasteiger partial charge in [0.1, 0.15) is 0 Å². The predicted molar refractivity (Wildman–Crippen MR) is 84.3 cm³/mol. The normalized spacial score (nSPS) is 21.7. The minimum absolute atomic E-state index is 0.252. The average Bonchev–Trinajstić information content (AvgIpc) is 2.57. The molecule has 0 aliphatic carbocycles. The predicted octanol–water partition coefficient (Wildman–Crippen LogP) is 4.84. The lowest BCUT2D eigenvalue weighted by molar-refractivity contribution is -0.153. The van der Waals surface area contributed by atoms with E-state index in [-0.39, 0.29) is 11.8 Å². The van der Waals surface area contributed by atoms with Crippen molar-refractivity contribution < 1.29 is 14.3 Å². The van der Waals surface area contributed by atoms with E-state index in [1.54, 1.807) is 13.8 Å². The van der Waals surface area contributed by atoms with Crippen LogP contribution in [-0.2, 0) is 14.3 Å². The second-order valence-electron chi connectivity index (χ2n) is 7.03. The first kappa shape index (κ1) is 21.4. The Morgan fingerprint density at radius 2 is 1.25 bits per heavy atom. The lowest BCUT2D eigenvalue weighted by atomic mass is 9.94. The highest BCUT2D eigenvalue weighted by atomic mass is 16.6. The molecule has 0 spiro atoms. The van der Waals surface area contributed by atoms with E-state index < -0.39 is 11.9 Å². The zero-order valence-electron chi connectivity index (χ0n) is 14.9. The highest BCUT2D eigenvalue weighted by Crippen LogP contribution is 2.21. The smallest absolute Gasteiger partial charge is 0.317 e. The van der Waals surface area contributed by atoms with Crippen molar-refractivity contribution in [3.63, 3.8) is 0 Å². The maximum Gasteiger partial charge on any atom is 0.317 e. The Hall–Kier alpha value is -0.860. The third kappa shape index (κ3) is 11.0. The van der Waals surface area contributed by atoms with E-state index >= 15 is 0 Å². The van der Waals surface area contributed by atoms with Gasteiger partial charge in [0.05, 0.1) is 11.8 Å². The van der Waals surface area contributed by atoms with Crippen LogP contribution in [0.2, 0.25) is 0 Å². The largest absolute Gasteiger partial charge is 0.393 e. The molecule has 1 rings (SSSR count). The Morgan fingerprint density at radius 1 is 1.00 bits per heavy atom. The minimum Gasteiger partial charge on any atom is -0.393 e. The molecule has 3 nitrogen and oxygen atoms in total. The first-order valence-corrected chi connectivity index (χ1v) is 7.71. The summed E-state index contributed by atoms with van der Waals surface area (Å²) in [5.41, 5.74) is 0.542. The average molecular weight is 286 g/mol. The Balaban J connectivity index is 0. The molecule has 1 heterocycles. The molecule has 1 aliphatic heterocycles. The van der Waals surface area contributed by atoms with E-state index in [9.17, 15) is 9.59 Å². The summed E-state index contributed by atoms with van der Waals surface area (Å²) in [5, 5.41) is 0. The number of carbonyl (C=O) groups excluding carboxylic acids is 2. The van der Waals surface area contributed by atoms with Crippen LogP contribution in [0.15, 0.2) is 0 Å². The summed E-state index contributed by atoms with van der Waals surface area (Å²) in [4.78, 5) is 21.1. The van der Waals surface area contributed by atoms with Crippen LogP contribution >= 0.6 is 0 Å². The molecule has 2 atom stereocenters. The number of carbonyl (C=O) groups is 2. The van der Waals surface area contributed by atoms with E-state index in [4.69, 9.17) is 0 Å². The summed E-state index contributed by atoms with van der Waals surface area (Å²) in [6.07, 6.45) is 2.58. The lowest BCUT2D eigenvalue weighted by Crippen LogP contribution is -2.09. The second kappa shape index (κ2) is 9.95. The van der Waals surface area contributed by atoms with Crippen LogP contribution in [0.4, 0.5) is 0 Å². The zero-order valence-corrected chi connectivity index (χ0v) is 14.9. The molecule has 0 saturated carbocycles. The van der Waals surface area contributed by atoms with Crippen LogP contribution in [0, 0.1) is 23.2 Å². The molecule has 1 aliphatic rings. The van der Waals surface area contributed by atoms with Gasteiger partial charge in [0, 0.05) is 0 Å². The monoisotopic (exact) mass is 286 g/mol. The molecule has 120 valence electrons. The Morgan fingerprint density at radius 3 is 1.30 bits per heavy atom. The molecule has 1 saturated heterocycles. The molecule has 2 unspecified atom stereocenters. The molecule has 0 aromatic rings. The van der Waals surface area contributed by atoms with Crippen LogP contribution in [0.3, 0.4) is 0 Å². The summed E-state index contributed by atoms with van der Waals surface area (Å²) >= 11 is 0. The molecule has 0 amide bonds. The first-order chi connectivity index (χ1) is 8.96. The van der Waals surface area contributed by atoms with Crippen LogP contribution in [0.25, 0.3) is 0 Å². The van der Waals surface area contributed by atoms with Gasteiger partial charge in [0.15, 0.2) is 0 Å². The zero-order chi connectivity index (χ0) is 16.5. The summed E-state index contributed by atoms with van der Waals surface area (Å²) in [7, 11) is 0. The Labute approximate surface area is 125 Å². The summed E-state index contributed by atoms with van der Waals surface area (Å²) < 4.78 is 4.31. The highest BCUT2D eigenvalue weighted by Gasteiger charge is 2.37. The van der Waals surface area contributed by atoms with E-state index in [0.29, 0.717) is 5.41 Å². The number of cyclic esters (lactones) is 2. The van der Waals surface area contributed by atoms with Crippen LogP contribution in [0.5, 0.6) is 0 Å². The highest BCUT2D eigenvalue weighted by molar-refractivity contribution is 5.95. The lowest BCUT2D eigenvalue weighted by Gasteiger charge is -2.12. The van der Waals surface area contributed by atoms with Crippen LogP contribution < -0.4 is 0 Å². The van der Waals surface area contributed by atoms with E-state index in [2.05, 4.69) is 53.2 Å². The molecular formula is C17H34O3. The SMILES string of the molecule is CC1C(=O)OC(=O)C1C.CCC(C)(C)C.CCC(C)C. The van der Waals surface area contributed by atoms with Gasteiger partial charge in [-0.25, -0.2) is 0 Å². The maximum absolute atomic E-state index is 10.6. The molecule has 0 N–H and O–H groups in total. The van der Waals surface area contributed by atoms with Gasteiger partial charge in [-0.05, 0) is 11.3 Å². The van der Waals surface area contributed by atoms with Crippen LogP contribution in [0.1, 0.15) is 75.2 Å². The molecule has 0 radical (unpaired) electrons. The van der Waals surface area contributed by atoms with Gasteiger partial charge in [0.2, 0.25) is 0 Å². The van der Waals surface area contributed by atoms with Crippen molar-refractivity contribution in [2.24, 2.45) is 23.2 Å². The van der Waals surface area contributed by atoms with Gasteiger partial charge in [-0.2, -0.15) is 0 Å². The van der Waals surface area contributed by atoms with Crippen molar-refractivity contribution in [1.82, 2.24) is 0 Å². The fraction of sp³-hybridized carbons (Fsp3) is 0.882. The number of hydrogen-bond acceptors (Lipinski definition) is 3. The van der Waals surface area contributed by atoms with Crippen LogP contribution in [-0.4, -0.2) is 11.9 Å². The summed E-state index contributed by atoms with van der Waals surface area (Å²) in [5.74, 6) is -0.412. The first-order valence-electron chi connectivity index (χ1n) is 7.71. The fourth-order valence-electron chi connectivity index (χ4n) is 0.693. The molecule has 0 bridgehead atoms. The van der Waals surface area contributed by atoms with Crippen molar-refractivity contribution in [2.45, 2.75) is 75.2 Å². The van der Waals surface area contributed by atoms with Gasteiger partial charge >= 0.3 is 11.9 Å². The maximum atomic E-state index is 10.6. The molecule has 3 heteroatoms. The Kier molecular flexibility index (Phi) is 10.7. The van der Waals surface area contributed by atoms with Gasteiger partial charge in [-0.15, -0.1) is 0 Å². The minimum atomic E-state index is -0.396. The van der Waals surface area contributed by atoms with Crippen molar-refractivity contribution in [3.8, 4) is 0 Å². The van der Waals surface area contributed by atoms with Crippen molar-refractivity contribution in [1.29, 1.82) is 0 Å². The summed E-state index contributed by atoms with van der Waals surface area (Å²) in [6, 6.07) is 0. The third-order valence-corrected chi connectivity index (χ3v) is 3.57. The van der Waals surface area contributed by atoms with Gasteiger partial charge in [-0.1, -0.05) is 75.2 Å². The fourth-order valence-corrected chi connectivity index (χ4v) is 0.693. The van der Waals surface area contributed by atoms with Gasteiger partial charge in [0.25, 0.3) is 0 Å². The van der Waals surface area contributed by atoms with Gasteiger partial charge < -0.3 is 4.74 Å². The molecule has 20 heavy (non-hydrogen) atoms. The number of ether oxygens (including phenoxy) is 1. The quantitative estimate of drug-likeness (QED) is 0.512. The molecule has 0 aromatic heterocycles. The van der Waals surface area contributed by atoms with Gasteiger partial charge in [-0.3, -0.25) is 9.59 Å².